The highest BCUT2D eigenvalue weighted by Gasteiger charge is 2.19. The van der Waals surface area contributed by atoms with Gasteiger partial charge in [-0.3, -0.25) is 14.5 Å². The van der Waals surface area contributed by atoms with Crippen molar-refractivity contribution < 1.29 is 22.8 Å². The number of anilines is 1. The monoisotopic (exact) mass is 413 g/mol. The molecule has 9 heteroatoms. The Morgan fingerprint density at radius 2 is 1.86 bits per heavy atom. The highest BCUT2D eigenvalue weighted by Crippen LogP contribution is 2.19. The number of halogens is 3. The van der Waals surface area contributed by atoms with Crippen LogP contribution in [0.3, 0.4) is 0 Å². The molecule has 1 N–H and O–H groups in total. The van der Waals surface area contributed by atoms with Crippen molar-refractivity contribution in [2.24, 2.45) is 0 Å². The van der Waals surface area contributed by atoms with Crippen molar-refractivity contribution in [3.8, 4) is 0 Å². The molecule has 2 aromatic rings. The summed E-state index contributed by atoms with van der Waals surface area (Å²) < 4.78 is 40.0. The third-order valence-corrected chi connectivity index (χ3v) is 4.84. The number of carbonyl (C=O) groups excluding carboxylic acids is 2. The van der Waals surface area contributed by atoms with Crippen molar-refractivity contribution in [1.29, 1.82) is 0 Å². The smallest absolute Gasteiger partial charge is 0.238 e. The van der Waals surface area contributed by atoms with E-state index in [9.17, 15) is 22.8 Å². The summed E-state index contributed by atoms with van der Waals surface area (Å²) in [6, 6.07) is 5.53. The predicted octanol–water partition coefficient (Wildman–Crippen LogP) is 3.47. The SMILES string of the molecule is CCCN(CC(=O)Nc1ccc(F)c(F)c1F)CC(=O)N(C)Cc1cccs1. The summed E-state index contributed by atoms with van der Waals surface area (Å²) in [6.45, 7) is 2.70. The van der Waals surface area contributed by atoms with Crippen LogP contribution in [-0.2, 0) is 16.1 Å². The molecule has 0 bridgehead atoms. The molecule has 1 heterocycles. The molecular formula is C19H22F3N3O2S. The standard InChI is InChI=1S/C19H22F3N3O2S/c1-3-8-25(12-17(27)24(2)10-13-5-4-9-28-13)11-16(26)23-15-7-6-14(20)18(21)19(15)22/h4-7,9H,3,8,10-12H2,1-2H3,(H,23,26). The van der Waals surface area contributed by atoms with E-state index >= 15 is 0 Å². The van der Waals surface area contributed by atoms with E-state index in [1.165, 1.54) is 0 Å². The first-order chi connectivity index (χ1) is 13.3. The predicted molar refractivity (Wildman–Crippen MR) is 102 cm³/mol. The van der Waals surface area contributed by atoms with Crippen molar-refractivity contribution in [3.63, 3.8) is 0 Å². The van der Waals surface area contributed by atoms with E-state index in [4.69, 9.17) is 0 Å². The summed E-state index contributed by atoms with van der Waals surface area (Å²) in [5.74, 6) is -5.21. The summed E-state index contributed by atoms with van der Waals surface area (Å²) in [5, 5.41) is 4.15. The molecule has 2 rings (SSSR count). The van der Waals surface area contributed by atoms with Gasteiger partial charge < -0.3 is 10.2 Å². The number of hydrogen-bond acceptors (Lipinski definition) is 4. The van der Waals surface area contributed by atoms with Crippen LogP contribution in [-0.4, -0.2) is 48.3 Å². The Labute approximate surface area is 165 Å². The van der Waals surface area contributed by atoms with Crippen LogP contribution in [0.1, 0.15) is 18.2 Å². The lowest BCUT2D eigenvalue weighted by Crippen LogP contribution is -2.42. The normalized spacial score (nSPS) is 10.9. The third kappa shape index (κ3) is 6.07. The second-order valence-corrected chi connectivity index (χ2v) is 7.34. The van der Waals surface area contributed by atoms with E-state index in [0.29, 0.717) is 19.5 Å². The Hall–Kier alpha value is -2.39. The fourth-order valence-electron chi connectivity index (χ4n) is 2.58. The molecule has 0 atom stereocenters. The Bertz CT molecular complexity index is 815. The number of nitrogens with zero attached hydrogens (tertiary/aromatic N) is 2. The van der Waals surface area contributed by atoms with E-state index in [0.717, 1.165) is 17.0 Å². The van der Waals surface area contributed by atoms with Crippen LogP contribution in [0.25, 0.3) is 0 Å². The molecule has 0 saturated heterocycles. The Kier molecular flexibility index (Phi) is 8.01. The highest BCUT2D eigenvalue weighted by molar-refractivity contribution is 7.09. The summed E-state index contributed by atoms with van der Waals surface area (Å²) >= 11 is 1.55. The molecule has 0 unspecified atom stereocenters. The van der Waals surface area contributed by atoms with Gasteiger partial charge in [-0.2, -0.15) is 0 Å². The van der Waals surface area contributed by atoms with E-state index in [2.05, 4.69) is 5.32 Å². The van der Waals surface area contributed by atoms with Gasteiger partial charge in [-0.05, 0) is 36.5 Å². The Morgan fingerprint density at radius 3 is 2.50 bits per heavy atom. The number of likely N-dealkylation sites (N-methyl/N-ethyl adjacent to an activating group) is 1. The lowest BCUT2D eigenvalue weighted by Gasteiger charge is -2.24. The molecule has 1 aromatic carbocycles. The molecule has 28 heavy (non-hydrogen) atoms. The maximum Gasteiger partial charge on any atom is 0.238 e. The molecule has 0 spiro atoms. The van der Waals surface area contributed by atoms with Crippen molar-refractivity contribution in [1.82, 2.24) is 9.80 Å². The number of carbonyl (C=O) groups is 2. The van der Waals surface area contributed by atoms with Gasteiger partial charge in [0.2, 0.25) is 11.8 Å². The molecule has 152 valence electrons. The lowest BCUT2D eigenvalue weighted by molar-refractivity contribution is -0.132. The number of hydrogen-bond donors (Lipinski definition) is 1. The number of nitrogens with one attached hydrogen (secondary N) is 1. The maximum absolute atomic E-state index is 13.7. The average molecular weight is 413 g/mol. The third-order valence-electron chi connectivity index (χ3n) is 3.97. The second kappa shape index (κ2) is 10.2. The van der Waals surface area contributed by atoms with E-state index in [-0.39, 0.29) is 19.0 Å². The maximum atomic E-state index is 13.7. The van der Waals surface area contributed by atoms with Crippen molar-refractivity contribution in [3.05, 3.63) is 52.0 Å². The van der Waals surface area contributed by atoms with Gasteiger partial charge in [-0.1, -0.05) is 13.0 Å². The molecule has 2 amide bonds. The number of thiophene rings is 1. The van der Waals surface area contributed by atoms with Crippen LogP contribution in [0, 0.1) is 17.5 Å². The molecule has 1 aromatic heterocycles. The van der Waals surface area contributed by atoms with Gasteiger partial charge in [0.25, 0.3) is 0 Å². The zero-order chi connectivity index (χ0) is 20.7. The van der Waals surface area contributed by atoms with Gasteiger partial charge in [-0.15, -0.1) is 11.3 Å². The first-order valence-corrected chi connectivity index (χ1v) is 9.61. The Balaban J connectivity index is 1.95. The molecule has 0 aliphatic heterocycles. The molecule has 0 fully saturated rings. The van der Waals surface area contributed by atoms with Crippen molar-refractivity contribution in [2.75, 3.05) is 32.0 Å². The molecule has 0 aliphatic rings. The quantitative estimate of drug-likeness (QED) is 0.641. The zero-order valence-electron chi connectivity index (χ0n) is 15.7. The van der Waals surface area contributed by atoms with Crippen LogP contribution in [0.5, 0.6) is 0 Å². The summed E-state index contributed by atoms with van der Waals surface area (Å²) in [7, 11) is 1.68. The van der Waals surface area contributed by atoms with Gasteiger partial charge in [0.15, 0.2) is 17.5 Å². The van der Waals surface area contributed by atoms with Gasteiger partial charge in [0, 0.05) is 11.9 Å². The van der Waals surface area contributed by atoms with E-state index in [1.807, 2.05) is 24.4 Å². The highest BCUT2D eigenvalue weighted by atomic mass is 32.1. The largest absolute Gasteiger partial charge is 0.340 e. The van der Waals surface area contributed by atoms with E-state index in [1.54, 1.807) is 28.2 Å². The molecule has 0 radical (unpaired) electrons. The van der Waals surface area contributed by atoms with Gasteiger partial charge in [0.05, 0.1) is 25.3 Å². The minimum Gasteiger partial charge on any atom is -0.340 e. The van der Waals surface area contributed by atoms with Crippen molar-refractivity contribution in [2.45, 2.75) is 19.9 Å². The van der Waals surface area contributed by atoms with E-state index < -0.39 is 29.0 Å². The molecule has 0 saturated carbocycles. The average Bonchev–Trinajstić information content (AvgIpc) is 3.15. The fraction of sp³-hybridized carbons (Fsp3) is 0.368. The van der Waals surface area contributed by atoms with Gasteiger partial charge >= 0.3 is 0 Å². The number of rotatable bonds is 9. The van der Waals surface area contributed by atoms with Crippen LogP contribution in [0.4, 0.5) is 18.9 Å². The van der Waals surface area contributed by atoms with Crippen LogP contribution in [0.15, 0.2) is 29.6 Å². The first kappa shape index (κ1) is 21.9. The summed E-state index contributed by atoms with van der Waals surface area (Å²) in [5.41, 5.74) is -0.443. The Morgan fingerprint density at radius 1 is 1.11 bits per heavy atom. The zero-order valence-corrected chi connectivity index (χ0v) is 16.5. The fourth-order valence-corrected chi connectivity index (χ4v) is 3.34. The molecular weight excluding hydrogens is 391 g/mol. The number of amides is 2. The minimum atomic E-state index is -1.64. The first-order valence-electron chi connectivity index (χ1n) is 8.73. The van der Waals surface area contributed by atoms with Crippen LogP contribution in [0.2, 0.25) is 0 Å². The minimum absolute atomic E-state index is 0.0173. The summed E-state index contributed by atoms with van der Waals surface area (Å²) in [6.07, 6.45) is 0.703. The molecule has 0 aliphatic carbocycles. The van der Waals surface area contributed by atoms with Crippen LogP contribution >= 0.6 is 11.3 Å². The second-order valence-electron chi connectivity index (χ2n) is 6.31. The van der Waals surface area contributed by atoms with Crippen molar-refractivity contribution >= 4 is 28.8 Å². The number of benzene rings is 1. The molecule has 5 nitrogen and oxygen atoms in total. The topological polar surface area (TPSA) is 52.7 Å². The summed E-state index contributed by atoms with van der Waals surface area (Å²) in [4.78, 5) is 28.9. The lowest BCUT2D eigenvalue weighted by atomic mass is 10.2. The van der Waals surface area contributed by atoms with Crippen LogP contribution < -0.4 is 5.32 Å². The van der Waals surface area contributed by atoms with Gasteiger partial charge in [-0.25, -0.2) is 13.2 Å². The van der Waals surface area contributed by atoms with Gasteiger partial charge in [0.1, 0.15) is 0 Å².